The summed E-state index contributed by atoms with van der Waals surface area (Å²) in [6.07, 6.45) is 11.5. The fourth-order valence-corrected chi connectivity index (χ4v) is 16.6. The molecule has 6 aromatic carbocycles. The van der Waals surface area contributed by atoms with Crippen molar-refractivity contribution < 1.29 is 74.5 Å². The normalized spacial score (nSPS) is 11.4. The van der Waals surface area contributed by atoms with Gasteiger partial charge in [-0.05, 0) is 121 Å². The minimum atomic E-state index is -2.07. The molecular weight excluding hydrogens is 1350 g/mol. The van der Waals surface area contributed by atoms with Gasteiger partial charge in [-0.1, -0.05) is 214 Å². The van der Waals surface area contributed by atoms with Crippen LogP contribution in [-0.2, 0) is 52.5 Å². The standard InChI is InChI=1S/C24H24O2P.C24H23O2P.2C6H9BrO2.C6H10O2.C5H8O2.BrH/c2*1-20(24(25)26-2)18-19-27(21-12-6-3-7-13-21,22-14-8-4-9-15-22)23-16-10-5-11-17-23;1-5(3-4-7)6(8)9-2;1-3-5(4-7)6(8)9-2;1-4-5(2)6(7)8-3;1-3-4(2)5(6)7;/h3-18H,19H2,1-2H3;3-19H,1-2H3;2*3H,4H2,1-2H3;4H,1-3H3;3H,1-2H3,(H,6,7);1H/q+1;;;;;;/p-1/b2*20-18+;2*5-3+;5-4+;4-3+;. The van der Waals surface area contributed by atoms with Crippen LogP contribution in [0.15, 0.2) is 252 Å². The van der Waals surface area contributed by atoms with Crippen LogP contribution < -0.4 is 48.8 Å². The van der Waals surface area contributed by atoms with Gasteiger partial charge in [0.05, 0.1) is 41.7 Å². The highest BCUT2D eigenvalue weighted by Crippen LogP contribution is 2.55. The lowest BCUT2D eigenvalue weighted by Crippen LogP contribution is -3.00. The van der Waals surface area contributed by atoms with E-state index in [-0.39, 0.29) is 46.8 Å². The average Bonchev–Trinajstić information content (AvgIpc) is 0.813. The van der Waals surface area contributed by atoms with E-state index in [0.29, 0.717) is 44.1 Å². The van der Waals surface area contributed by atoms with Crippen LogP contribution in [-0.4, -0.2) is 99.1 Å². The fourth-order valence-electron chi connectivity index (χ4n) is 7.62. The number of methoxy groups -OCH3 is 5. The zero-order chi connectivity index (χ0) is 65.2. The number of carboxylic acids is 1. The molecule has 6 rings (SSSR count). The van der Waals surface area contributed by atoms with Crippen LogP contribution in [0.5, 0.6) is 0 Å². The fraction of sp³-hybridized carbons (Fsp3) is 0.225. The molecule has 0 aliphatic carbocycles. The van der Waals surface area contributed by atoms with Gasteiger partial charge >= 0.3 is 35.8 Å². The Hall–Kier alpha value is -7.25. The Morgan fingerprint density at radius 2 is 0.716 bits per heavy atom. The van der Waals surface area contributed by atoms with Gasteiger partial charge in [0.2, 0.25) is 0 Å². The molecule has 0 heterocycles. The maximum absolute atomic E-state index is 12.0. The number of aliphatic carboxylic acids is 1. The van der Waals surface area contributed by atoms with Gasteiger partial charge < -0.3 is 45.8 Å². The van der Waals surface area contributed by atoms with Crippen molar-refractivity contribution in [1.82, 2.24) is 0 Å². The van der Waals surface area contributed by atoms with Crippen molar-refractivity contribution in [3.8, 4) is 0 Å². The van der Waals surface area contributed by atoms with Crippen molar-refractivity contribution in [3.05, 3.63) is 252 Å². The van der Waals surface area contributed by atoms with Crippen molar-refractivity contribution >= 4 is 119 Å². The molecule has 0 radical (unpaired) electrons. The van der Waals surface area contributed by atoms with E-state index in [2.05, 4.69) is 197 Å². The molecule has 0 aromatic heterocycles. The molecule has 470 valence electrons. The number of esters is 5. The maximum atomic E-state index is 12.0. The summed E-state index contributed by atoms with van der Waals surface area (Å²) in [7, 11) is 5.00. The van der Waals surface area contributed by atoms with E-state index in [9.17, 15) is 28.8 Å². The summed E-state index contributed by atoms with van der Waals surface area (Å²) in [6, 6.07) is 63.4. The van der Waals surface area contributed by atoms with Crippen molar-refractivity contribution in [2.45, 2.75) is 55.4 Å². The third-order valence-corrected chi connectivity index (χ3v) is 22.0. The Bertz CT molecular complexity index is 3110. The summed E-state index contributed by atoms with van der Waals surface area (Å²) in [4.78, 5) is 65.5. The molecule has 0 spiro atoms. The minimum Gasteiger partial charge on any atom is -1.00 e. The number of allylic oxidation sites excluding steroid dienone is 6. The lowest BCUT2D eigenvalue weighted by Gasteiger charge is -2.28. The number of benzene rings is 6. The third-order valence-electron chi connectivity index (χ3n) is 12.9. The van der Waals surface area contributed by atoms with Gasteiger partial charge in [-0.2, -0.15) is 0 Å². The van der Waals surface area contributed by atoms with Gasteiger partial charge in [-0.25, -0.2) is 28.8 Å². The highest BCUT2D eigenvalue weighted by Gasteiger charge is 2.44. The molecule has 0 saturated heterocycles. The highest BCUT2D eigenvalue weighted by molar-refractivity contribution is 9.09. The summed E-state index contributed by atoms with van der Waals surface area (Å²) in [5.74, 6) is -0.0150. The molecule has 12 nitrogen and oxygen atoms in total. The molecule has 6 aromatic rings. The number of halogens is 3. The molecule has 1 N–H and O–H groups in total. The lowest BCUT2D eigenvalue weighted by molar-refractivity contribution is -0.136. The first-order valence-electron chi connectivity index (χ1n) is 27.4. The Labute approximate surface area is 549 Å². The summed E-state index contributed by atoms with van der Waals surface area (Å²) in [5.41, 5.74) is 3.55. The molecule has 0 bridgehead atoms. The predicted octanol–water partition coefficient (Wildman–Crippen LogP) is 10.2. The Morgan fingerprint density at radius 3 is 0.955 bits per heavy atom. The summed E-state index contributed by atoms with van der Waals surface area (Å²) in [6.45, 7) is 11.8. The molecule has 0 saturated carbocycles. The number of ether oxygens (including phenoxy) is 5. The second-order valence-electron chi connectivity index (χ2n) is 18.3. The first kappa shape index (κ1) is 80.8. The molecule has 0 aliphatic rings. The lowest BCUT2D eigenvalue weighted by atomic mass is 10.3. The maximum Gasteiger partial charge on any atom is 0.334 e. The van der Waals surface area contributed by atoms with Crippen molar-refractivity contribution in [3.63, 3.8) is 0 Å². The van der Waals surface area contributed by atoms with Gasteiger partial charge in [0.15, 0.2) is 0 Å². The number of carboxylic acid groups (broad SMARTS) is 1. The van der Waals surface area contributed by atoms with E-state index in [1.807, 2.05) is 55.5 Å². The molecule has 88 heavy (non-hydrogen) atoms. The van der Waals surface area contributed by atoms with E-state index in [1.165, 1.54) is 67.4 Å². The number of alkyl halides is 2. The van der Waals surface area contributed by atoms with E-state index in [4.69, 9.17) is 14.6 Å². The van der Waals surface area contributed by atoms with Gasteiger partial charge in [-0.15, -0.1) is 0 Å². The number of hydrogen-bond acceptors (Lipinski definition) is 11. The first-order chi connectivity index (χ1) is 41.7. The number of carbonyl (C=O) groups is 6. The van der Waals surface area contributed by atoms with Crippen molar-refractivity contribution in [1.29, 1.82) is 0 Å². The quantitative estimate of drug-likeness (QED) is 0.0302. The SMILES string of the molecule is C/C=C(\C)C(=O)O.C/C=C(\C)C(=O)OC.C/C=C(\CBr)C(=O)OC.COC(=O)/C(C)=C/C=P(c1ccccc1)(c1ccccc1)c1ccccc1.COC(=O)/C(C)=C/CBr.COC(=O)/C(C)=C/C[P+](c1ccccc1)(c1ccccc1)c1ccccc1.[Br-]. The largest absolute Gasteiger partial charge is 1.00 e. The zero-order valence-electron chi connectivity index (χ0n) is 52.4. The number of rotatable bonds is 17. The monoisotopic (exact) mass is 1430 g/mol. The smallest absolute Gasteiger partial charge is 0.334 e. The van der Waals surface area contributed by atoms with Crippen LogP contribution >= 0.6 is 46.0 Å². The van der Waals surface area contributed by atoms with Crippen LogP contribution in [0.3, 0.4) is 0 Å². The first-order valence-corrected chi connectivity index (χ1v) is 33.5. The second-order valence-corrected chi connectivity index (χ2v) is 26.3. The minimum absolute atomic E-state index is 0. The van der Waals surface area contributed by atoms with E-state index >= 15 is 0 Å². The predicted molar refractivity (Wildman–Crippen MR) is 370 cm³/mol. The summed E-state index contributed by atoms with van der Waals surface area (Å²) in [5, 5.41) is 17.0. The van der Waals surface area contributed by atoms with Crippen LogP contribution in [0.2, 0.25) is 0 Å². The molecule has 0 amide bonds. The van der Waals surface area contributed by atoms with Gasteiger partial charge in [0.1, 0.15) is 23.2 Å². The van der Waals surface area contributed by atoms with Crippen LogP contribution in [0.1, 0.15) is 55.4 Å². The van der Waals surface area contributed by atoms with E-state index in [1.54, 1.807) is 72.8 Å². The van der Waals surface area contributed by atoms with Gasteiger partial charge in [0, 0.05) is 44.1 Å². The second kappa shape index (κ2) is 45.9. The topological polar surface area (TPSA) is 169 Å². The van der Waals surface area contributed by atoms with Crippen LogP contribution in [0.4, 0.5) is 0 Å². The molecule has 0 atom stereocenters. The van der Waals surface area contributed by atoms with Crippen molar-refractivity contribution in [2.75, 3.05) is 52.4 Å². The molecule has 17 heteroatoms. The molecular formula is C71H83Br3O12P2. The van der Waals surface area contributed by atoms with Crippen molar-refractivity contribution in [2.24, 2.45) is 0 Å². The van der Waals surface area contributed by atoms with E-state index in [0.717, 1.165) is 6.16 Å². The number of carbonyl (C=O) groups excluding carboxylic acids is 5. The summed E-state index contributed by atoms with van der Waals surface area (Å²) >= 11 is 6.31. The zero-order valence-corrected chi connectivity index (χ0v) is 59.0. The number of hydrogen-bond donors (Lipinski definition) is 1. The summed E-state index contributed by atoms with van der Waals surface area (Å²) < 4.78 is 23.1. The van der Waals surface area contributed by atoms with Gasteiger partial charge in [-0.3, -0.25) is 0 Å². The van der Waals surface area contributed by atoms with Crippen LogP contribution in [0.25, 0.3) is 0 Å². The van der Waals surface area contributed by atoms with Gasteiger partial charge in [0.25, 0.3) is 0 Å². The Kier molecular flexibility index (Phi) is 42.2. The Balaban J connectivity index is 0.00000114. The Morgan fingerprint density at radius 1 is 0.420 bits per heavy atom. The van der Waals surface area contributed by atoms with E-state index < -0.39 is 20.1 Å². The van der Waals surface area contributed by atoms with Crippen LogP contribution in [0, 0.1) is 0 Å². The molecule has 0 aliphatic heterocycles. The molecule has 0 unspecified atom stereocenters. The highest BCUT2D eigenvalue weighted by atomic mass is 79.9. The third kappa shape index (κ3) is 26.6. The molecule has 0 fully saturated rings. The average molecular weight is 1430 g/mol.